The Labute approximate surface area is 144 Å². The number of hydrogen-bond acceptors (Lipinski definition) is 7. The second kappa shape index (κ2) is 7.11. The molecular weight excluding hydrogens is 367 g/mol. The van der Waals surface area contributed by atoms with Crippen LogP contribution in [-0.2, 0) is 11.3 Å². The maximum Gasteiger partial charge on any atom is 0.383 e. The topological polar surface area (TPSA) is 145 Å². The number of halogens is 2. The molecule has 0 aromatic carbocycles. The first-order valence-electron chi connectivity index (χ1n) is 6.56. The lowest BCUT2D eigenvalue weighted by atomic mass is 10.1. The molecule has 130 valence electrons. The zero-order valence-corrected chi connectivity index (χ0v) is 13.8. The number of nitrogens with one attached hydrogen (secondary N) is 1. The molecule has 0 saturated carbocycles. The van der Waals surface area contributed by atoms with Gasteiger partial charge in [-0.05, 0) is 51.4 Å². The van der Waals surface area contributed by atoms with Crippen molar-refractivity contribution in [3.05, 3.63) is 43.2 Å². The minimum absolute atomic E-state index is 0.0294. The largest absolute Gasteiger partial charge is 0.383 e. The van der Waals surface area contributed by atoms with Crippen LogP contribution in [0.5, 0.6) is 0 Å². The van der Waals surface area contributed by atoms with E-state index in [2.05, 4.69) is 15.0 Å². The van der Waals surface area contributed by atoms with Gasteiger partial charge < -0.3 is 25.0 Å². The average Bonchev–Trinajstić information content (AvgIpc) is 2.92. The van der Waals surface area contributed by atoms with Crippen LogP contribution < -0.4 is 0 Å². The number of nitrogens with zero attached hydrogens (tertiary/aromatic N) is 5. The lowest BCUT2D eigenvalue weighted by Gasteiger charge is -2.04. The molecular formula is C11H12Cl2N6O5. The van der Waals surface area contributed by atoms with E-state index < -0.39 is 9.85 Å². The first kappa shape index (κ1) is 18.1. The summed E-state index contributed by atoms with van der Waals surface area (Å²) in [7, 11) is 0. The van der Waals surface area contributed by atoms with Gasteiger partial charge in [0.15, 0.2) is 0 Å². The van der Waals surface area contributed by atoms with Crippen molar-refractivity contribution in [2.45, 2.75) is 25.5 Å². The molecule has 13 heteroatoms. The molecule has 1 N–H and O–H groups in total. The Balaban J connectivity index is 0.000000198. The number of aryl methyl sites for hydroxylation is 1. The van der Waals surface area contributed by atoms with Gasteiger partial charge in [-0.3, -0.25) is 4.57 Å². The lowest BCUT2D eigenvalue weighted by Crippen LogP contribution is -2.09. The van der Waals surface area contributed by atoms with Crippen LogP contribution >= 0.6 is 23.2 Å². The average molecular weight is 379 g/mol. The molecule has 0 bridgehead atoms. The zero-order valence-electron chi connectivity index (χ0n) is 12.3. The fraction of sp³-hybridized carbons (Fsp3) is 0.455. The number of H-pyrrole nitrogens is 1. The van der Waals surface area contributed by atoms with E-state index in [4.69, 9.17) is 27.9 Å². The highest BCUT2D eigenvalue weighted by Gasteiger charge is 2.38. The molecule has 1 aliphatic heterocycles. The van der Waals surface area contributed by atoms with Crippen molar-refractivity contribution < 1.29 is 14.6 Å². The number of epoxide rings is 1. The highest BCUT2D eigenvalue weighted by molar-refractivity contribution is 6.28. The third-order valence-corrected chi connectivity index (χ3v) is 3.64. The van der Waals surface area contributed by atoms with Crippen LogP contribution in [0.3, 0.4) is 0 Å². The molecule has 2 aromatic heterocycles. The summed E-state index contributed by atoms with van der Waals surface area (Å²) >= 11 is 11.0. The van der Waals surface area contributed by atoms with Gasteiger partial charge in [0.2, 0.25) is 0 Å². The highest BCUT2D eigenvalue weighted by Crippen LogP contribution is 2.31. The van der Waals surface area contributed by atoms with Crippen molar-refractivity contribution in [2.24, 2.45) is 0 Å². The van der Waals surface area contributed by atoms with Gasteiger partial charge in [-0.1, -0.05) is 0 Å². The van der Waals surface area contributed by atoms with E-state index in [1.807, 2.05) is 6.92 Å². The Bertz CT molecular complexity index is 756. The predicted octanol–water partition coefficient (Wildman–Crippen LogP) is 2.60. The van der Waals surface area contributed by atoms with Crippen molar-refractivity contribution in [3.8, 4) is 0 Å². The molecule has 0 amide bonds. The molecule has 0 spiro atoms. The zero-order chi connectivity index (χ0) is 17.9. The third kappa shape index (κ3) is 4.88. The molecule has 11 nitrogen and oxygen atoms in total. The predicted molar refractivity (Wildman–Crippen MR) is 83.1 cm³/mol. The summed E-state index contributed by atoms with van der Waals surface area (Å²) in [6, 6.07) is 0. The number of aromatic nitrogens is 4. The molecule has 3 rings (SSSR count). The van der Waals surface area contributed by atoms with E-state index >= 15 is 0 Å². The van der Waals surface area contributed by atoms with Crippen LogP contribution in [0, 0.1) is 20.2 Å². The van der Waals surface area contributed by atoms with Gasteiger partial charge in [-0.25, -0.2) is 4.98 Å². The Morgan fingerprint density at radius 1 is 1.42 bits per heavy atom. The SMILES string of the molecule is CC1(CCn2cc([N+](=O)[O-])nc2Cl)CO1.O=[N+]([O-])c1cnc(Cl)[nH]1. The number of ether oxygens (including phenoxy) is 1. The number of rotatable bonds is 5. The van der Waals surface area contributed by atoms with Gasteiger partial charge in [0.25, 0.3) is 5.28 Å². The van der Waals surface area contributed by atoms with Crippen molar-refractivity contribution in [2.75, 3.05) is 6.61 Å². The van der Waals surface area contributed by atoms with E-state index in [-0.39, 0.29) is 27.8 Å². The van der Waals surface area contributed by atoms with E-state index in [1.165, 1.54) is 6.20 Å². The van der Waals surface area contributed by atoms with Crippen LogP contribution in [0.25, 0.3) is 0 Å². The third-order valence-electron chi connectivity index (χ3n) is 3.15. The summed E-state index contributed by atoms with van der Waals surface area (Å²) in [4.78, 5) is 28.4. The van der Waals surface area contributed by atoms with E-state index in [1.54, 1.807) is 4.57 Å². The Kier molecular flexibility index (Phi) is 5.36. The summed E-state index contributed by atoms with van der Waals surface area (Å²) in [5.74, 6) is -0.415. The van der Waals surface area contributed by atoms with E-state index in [0.29, 0.717) is 6.54 Å². The van der Waals surface area contributed by atoms with E-state index in [0.717, 1.165) is 19.2 Å². The summed E-state index contributed by atoms with van der Waals surface area (Å²) in [5.41, 5.74) is -0.0810. The Hall–Kier alpha value is -2.24. The van der Waals surface area contributed by atoms with Crippen molar-refractivity contribution in [3.63, 3.8) is 0 Å². The maximum absolute atomic E-state index is 10.4. The smallest absolute Gasteiger partial charge is 0.370 e. The number of nitro groups is 2. The second-order valence-corrected chi connectivity index (χ2v) is 5.82. The first-order chi connectivity index (χ1) is 11.2. The molecule has 1 fully saturated rings. The van der Waals surface area contributed by atoms with Crippen molar-refractivity contribution in [1.82, 2.24) is 19.5 Å². The number of imidazole rings is 2. The normalized spacial score (nSPS) is 18.6. The first-order valence-corrected chi connectivity index (χ1v) is 7.32. The molecule has 1 aliphatic rings. The maximum atomic E-state index is 10.4. The summed E-state index contributed by atoms with van der Waals surface area (Å²) < 4.78 is 6.76. The van der Waals surface area contributed by atoms with Crippen molar-refractivity contribution in [1.29, 1.82) is 0 Å². The van der Waals surface area contributed by atoms with Crippen LogP contribution in [0.1, 0.15) is 13.3 Å². The van der Waals surface area contributed by atoms with Crippen LogP contribution in [-0.4, -0.2) is 41.6 Å². The quantitative estimate of drug-likeness (QED) is 0.477. The minimum Gasteiger partial charge on any atom is -0.370 e. The summed E-state index contributed by atoms with van der Waals surface area (Å²) in [5, 5.41) is 20.5. The van der Waals surface area contributed by atoms with Crippen LogP contribution in [0.4, 0.5) is 11.6 Å². The van der Waals surface area contributed by atoms with Gasteiger partial charge >= 0.3 is 16.9 Å². The molecule has 3 heterocycles. The van der Waals surface area contributed by atoms with Gasteiger partial charge in [-0.15, -0.1) is 0 Å². The van der Waals surface area contributed by atoms with Crippen LogP contribution in [0.15, 0.2) is 12.4 Å². The lowest BCUT2D eigenvalue weighted by molar-refractivity contribution is -0.389. The van der Waals surface area contributed by atoms with Crippen LogP contribution in [0.2, 0.25) is 10.6 Å². The summed E-state index contributed by atoms with van der Waals surface area (Å²) in [6.45, 7) is 3.31. The summed E-state index contributed by atoms with van der Waals surface area (Å²) in [6.07, 6.45) is 3.18. The standard InChI is InChI=1S/C8H10ClN3O3.C3H2ClN3O2/c1-8(5-15-8)2-3-11-4-6(12(13)14)10-7(11)9;4-3-5-1-2(6-3)7(8)9/h4H,2-3,5H2,1H3;1H,(H,5,6). The van der Waals surface area contributed by atoms with Gasteiger partial charge in [-0.2, -0.15) is 4.98 Å². The molecule has 0 radical (unpaired) electrons. The van der Waals surface area contributed by atoms with E-state index in [9.17, 15) is 20.2 Å². The molecule has 24 heavy (non-hydrogen) atoms. The Morgan fingerprint density at radius 2 is 2.08 bits per heavy atom. The fourth-order valence-corrected chi connectivity index (χ4v) is 2.00. The second-order valence-electron chi connectivity index (χ2n) is 5.12. The molecule has 2 aromatic rings. The number of aromatic amines is 1. The molecule has 1 unspecified atom stereocenters. The van der Waals surface area contributed by atoms with Crippen molar-refractivity contribution >= 4 is 34.8 Å². The number of hydrogen-bond donors (Lipinski definition) is 1. The molecule has 1 saturated heterocycles. The van der Waals surface area contributed by atoms with Gasteiger partial charge in [0, 0.05) is 6.54 Å². The molecule has 1 atom stereocenters. The monoisotopic (exact) mass is 378 g/mol. The van der Waals surface area contributed by atoms with Gasteiger partial charge in [0.1, 0.15) is 12.4 Å². The van der Waals surface area contributed by atoms with Gasteiger partial charge in [0.05, 0.1) is 12.2 Å². The molecule has 0 aliphatic carbocycles. The highest BCUT2D eigenvalue weighted by atomic mass is 35.5. The fourth-order valence-electron chi connectivity index (χ4n) is 1.63. The Morgan fingerprint density at radius 3 is 2.46 bits per heavy atom. The minimum atomic E-state index is -0.598.